The van der Waals surface area contributed by atoms with Crippen molar-refractivity contribution in [1.82, 2.24) is 24.3 Å². The van der Waals surface area contributed by atoms with E-state index in [0.29, 0.717) is 27.6 Å². The van der Waals surface area contributed by atoms with E-state index in [1.54, 1.807) is 35.1 Å². The fourth-order valence-electron chi connectivity index (χ4n) is 2.34. The van der Waals surface area contributed by atoms with Crippen molar-refractivity contribution in [3.8, 4) is 11.4 Å². The van der Waals surface area contributed by atoms with Crippen LogP contribution in [-0.2, 0) is 0 Å². The van der Waals surface area contributed by atoms with Crippen LogP contribution in [-0.4, -0.2) is 24.3 Å². The lowest BCUT2D eigenvalue weighted by molar-refractivity contribution is 0.630. The van der Waals surface area contributed by atoms with E-state index in [0.717, 1.165) is 5.69 Å². The fraction of sp³-hybridized carbons (Fsp3) is 0.0667. The first-order valence-electron chi connectivity index (χ1n) is 6.55. The van der Waals surface area contributed by atoms with Crippen molar-refractivity contribution < 1.29 is 4.39 Å². The van der Waals surface area contributed by atoms with Gasteiger partial charge in [-0.05, 0) is 25.1 Å². The summed E-state index contributed by atoms with van der Waals surface area (Å²) in [5, 5.41) is 0.380. The molecule has 0 saturated carbocycles. The highest BCUT2D eigenvalue weighted by Gasteiger charge is 2.11. The van der Waals surface area contributed by atoms with Gasteiger partial charge >= 0.3 is 0 Å². The minimum Gasteiger partial charge on any atom is -0.304 e. The second-order valence-corrected chi connectivity index (χ2v) is 5.31. The monoisotopic (exact) mass is 313 g/mol. The summed E-state index contributed by atoms with van der Waals surface area (Å²) >= 11 is 5.84. The van der Waals surface area contributed by atoms with Gasteiger partial charge in [-0.25, -0.2) is 24.3 Å². The van der Waals surface area contributed by atoms with E-state index in [1.165, 1.54) is 6.07 Å². The highest BCUT2D eigenvalue weighted by atomic mass is 35.5. The molecule has 0 aromatic carbocycles. The second kappa shape index (κ2) is 4.71. The van der Waals surface area contributed by atoms with Gasteiger partial charge in [0, 0.05) is 18.0 Å². The Morgan fingerprint density at radius 2 is 1.95 bits per heavy atom. The van der Waals surface area contributed by atoms with Gasteiger partial charge in [-0.1, -0.05) is 11.6 Å². The van der Waals surface area contributed by atoms with Gasteiger partial charge in [0.2, 0.25) is 0 Å². The molecule has 108 valence electrons. The number of hydrogen-bond donors (Lipinski definition) is 0. The molecule has 0 fully saturated rings. The molecule has 4 aromatic heterocycles. The van der Waals surface area contributed by atoms with Gasteiger partial charge in [-0.15, -0.1) is 0 Å². The van der Waals surface area contributed by atoms with E-state index < -0.39 is 5.82 Å². The molecule has 0 aliphatic heterocycles. The summed E-state index contributed by atoms with van der Waals surface area (Å²) in [6.07, 6.45) is 5.08. The summed E-state index contributed by atoms with van der Waals surface area (Å²) in [7, 11) is 0. The summed E-state index contributed by atoms with van der Waals surface area (Å²) in [5.41, 5.74) is 2.84. The maximum atomic E-state index is 14.1. The topological polar surface area (TPSA) is 56.0 Å². The summed E-state index contributed by atoms with van der Waals surface area (Å²) in [6.45, 7) is 1.81. The zero-order valence-electron chi connectivity index (χ0n) is 11.5. The van der Waals surface area contributed by atoms with E-state index in [-0.39, 0.29) is 5.65 Å². The molecule has 0 unspecified atom stereocenters. The average molecular weight is 314 g/mol. The summed E-state index contributed by atoms with van der Waals surface area (Å²) in [6, 6.07) is 4.79. The third-order valence-electron chi connectivity index (χ3n) is 3.29. The van der Waals surface area contributed by atoms with Gasteiger partial charge in [0.25, 0.3) is 0 Å². The molecule has 0 amide bonds. The number of nitrogens with zero attached hydrogens (tertiary/aromatic N) is 5. The van der Waals surface area contributed by atoms with Gasteiger partial charge in [0.1, 0.15) is 10.7 Å². The lowest BCUT2D eigenvalue weighted by atomic mass is 10.2. The van der Waals surface area contributed by atoms with Crippen molar-refractivity contribution in [2.75, 3.05) is 0 Å². The zero-order chi connectivity index (χ0) is 15.3. The number of pyridine rings is 2. The maximum Gasteiger partial charge on any atom is 0.173 e. The standard InChI is InChI=1S/C15H9ClFN5/c1-8-6-22-7-9(4-10(17)15(22)19-8)14-18-5-12-11(21-14)2-3-13(16)20-12/h2-7H,1H3. The summed E-state index contributed by atoms with van der Waals surface area (Å²) < 4.78 is 15.8. The Bertz CT molecular complexity index is 1030. The van der Waals surface area contributed by atoms with E-state index in [1.807, 2.05) is 6.92 Å². The van der Waals surface area contributed by atoms with Crippen LogP contribution in [0.25, 0.3) is 28.1 Å². The molecule has 7 heteroatoms. The first-order valence-corrected chi connectivity index (χ1v) is 6.92. The molecule has 4 aromatic rings. The molecule has 4 rings (SSSR count). The summed E-state index contributed by atoms with van der Waals surface area (Å²) in [5.74, 6) is 0.00676. The first kappa shape index (κ1) is 13.1. The predicted octanol–water partition coefficient (Wildman–Crippen LogP) is 3.44. The third-order valence-corrected chi connectivity index (χ3v) is 3.50. The van der Waals surface area contributed by atoms with Crippen molar-refractivity contribution in [3.63, 3.8) is 0 Å². The van der Waals surface area contributed by atoms with E-state index in [9.17, 15) is 4.39 Å². The number of hydrogen-bond acceptors (Lipinski definition) is 4. The Kier molecular flexibility index (Phi) is 2.80. The van der Waals surface area contributed by atoms with Crippen LogP contribution in [0, 0.1) is 12.7 Å². The van der Waals surface area contributed by atoms with Crippen LogP contribution in [0.5, 0.6) is 0 Å². The normalized spacial score (nSPS) is 11.4. The van der Waals surface area contributed by atoms with Crippen molar-refractivity contribution in [1.29, 1.82) is 0 Å². The maximum absolute atomic E-state index is 14.1. The van der Waals surface area contributed by atoms with Crippen molar-refractivity contribution in [2.24, 2.45) is 0 Å². The van der Waals surface area contributed by atoms with Crippen LogP contribution in [0.1, 0.15) is 5.69 Å². The van der Waals surface area contributed by atoms with Crippen molar-refractivity contribution in [3.05, 3.63) is 53.5 Å². The fourth-order valence-corrected chi connectivity index (χ4v) is 2.49. The molecule has 0 aliphatic carbocycles. The van der Waals surface area contributed by atoms with E-state index in [4.69, 9.17) is 11.6 Å². The molecule has 0 saturated heterocycles. The Balaban J connectivity index is 1.92. The molecule has 5 nitrogen and oxygen atoms in total. The Labute approximate surface area is 129 Å². The number of halogens is 2. The van der Waals surface area contributed by atoms with Crippen molar-refractivity contribution in [2.45, 2.75) is 6.92 Å². The Morgan fingerprint density at radius 3 is 2.82 bits per heavy atom. The Morgan fingerprint density at radius 1 is 1.09 bits per heavy atom. The lowest BCUT2D eigenvalue weighted by Crippen LogP contribution is -1.95. The van der Waals surface area contributed by atoms with Crippen molar-refractivity contribution >= 4 is 28.3 Å². The van der Waals surface area contributed by atoms with Crippen LogP contribution in [0.2, 0.25) is 5.15 Å². The molecule has 0 bridgehead atoms. The molecule has 0 aliphatic rings. The smallest absolute Gasteiger partial charge is 0.173 e. The minimum absolute atomic E-state index is 0.287. The molecule has 0 spiro atoms. The van der Waals surface area contributed by atoms with Crippen LogP contribution in [0.4, 0.5) is 4.39 Å². The van der Waals surface area contributed by atoms with Crippen LogP contribution in [0.15, 0.2) is 36.8 Å². The predicted molar refractivity (Wildman–Crippen MR) is 81.2 cm³/mol. The number of rotatable bonds is 1. The number of fused-ring (bicyclic) bond motifs is 2. The van der Waals surface area contributed by atoms with Crippen LogP contribution in [0.3, 0.4) is 0 Å². The molecule has 22 heavy (non-hydrogen) atoms. The molecular formula is C15H9ClFN5. The van der Waals surface area contributed by atoms with Gasteiger partial charge in [0.05, 0.1) is 17.4 Å². The van der Waals surface area contributed by atoms with Gasteiger partial charge < -0.3 is 4.40 Å². The second-order valence-electron chi connectivity index (χ2n) is 4.92. The molecule has 0 atom stereocenters. The van der Waals surface area contributed by atoms with E-state index >= 15 is 0 Å². The summed E-state index contributed by atoms with van der Waals surface area (Å²) in [4.78, 5) is 16.9. The molecule has 0 N–H and O–H groups in total. The highest BCUT2D eigenvalue weighted by molar-refractivity contribution is 6.29. The third kappa shape index (κ3) is 2.08. The van der Waals surface area contributed by atoms with Gasteiger partial charge in [-0.3, -0.25) is 0 Å². The number of imidazole rings is 1. The largest absolute Gasteiger partial charge is 0.304 e. The molecule has 4 heterocycles. The SMILES string of the molecule is Cc1cn2cc(-c3ncc4nc(Cl)ccc4n3)cc(F)c2n1. The van der Waals surface area contributed by atoms with Gasteiger partial charge in [-0.2, -0.15) is 0 Å². The Hall–Kier alpha value is -2.60. The highest BCUT2D eigenvalue weighted by Crippen LogP contribution is 2.21. The molecular weight excluding hydrogens is 305 g/mol. The minimum atomic E-state index is -0.413. The first-order chi connectivity index (χ1) is 10.6. The zero-order valence-corrected chi connectivity index (χ0v) is 12.2. The van der Waals surface area contributed by atoms with Crippen LogP contribution >= 0.6 is 11.6 Å². The van der Waals surface area contributed by atoms with Crippen LogP contribution < -0.4 is 0 Å². The van der Waals surface area contributed by atoms with Gasteiger partial charge in [0.15, 0.2) is 17.3 Å². The average Bonchev–Trinajstić information content (AvgIpc) is 2.87. The lowest BCUT2D eigenvalue weighted by Gasteiger charge is -2.04. The number of aromatic nitrogens is 5. The van der Waals surface area contributed by atoms with E-state index in [2.05, 4.69) is 19.9 Å². The quantitative estimate of drug-likeness (QED) is 0.505. The number of aryl methyl sites for hydroxylation is 1. The molecule has 0 radical (unpaired) electrons.